The molecule has 0 bridgehead atoms. The van der Waals surface area contributed by atoms with E-state index < -0.39 is 4.92 Å². The maximum atomic E-state index is 12.0. The highest BCUT2D eigenvalue weighted by Gasteiger charge is 2.12. The first-order chi connectivity index (χ1) is 9.97. The van der Waals surface area contributed by atoms with E-state index >= 15 is 0 Å². The number of hydrogen-bond donors (Lipinski definition) is 0. The van der Waals surface area contributed by atoms with Crippen molar-refractivity contribution in [3.8, 4) is 5.75 Å². The molecule has 2 aromatic carbocycles. The molecule has 0 saturated carbocycles. The molecule has 5 heteroatoms. The Balaban J connectivity index is 2.06. The molecule has 0 fully saturated rings. The lowest BCUT2D eigenvalue weighted by Crippen LogP contribution is -2.11. The number of carbonyl (C=O) groups is 1. The summed E-state index contributed by atoms with van der Waals surface area (Å²) in [6, 6.07) is 11.2. The minimum atomic E-state index is -0.527. The van der Waals surface area contributed by atoms with Gasteiger partial charge in [-0.2, -0.15) is 0 Å². The molecule has 2 aromatic rings. The second-order valence-electron chi connectivity index (χ2n) is 4.77. The normalized spacial score (nSPS) is 10.2. The van der Waals surface area contributed by atoms with E-state index in [9.17, 15) is 14.9 Å². The van der Waals surface area contributed by atoms with Gasteiger partial charge in [0.15, 0.2) is 12.4 Å². The van der Waals surface area contributed by atoms with E-state index in [0.29, 0.717) is 5.75 Å². The topological polar surface area (TPSA) is 69.4 Å². The number of carbonyl (C=O) groups excluding carboxylic acids is 1. The van der Waals surface area contributed by atoms with Gasteiger partial charge in [-0.25, -0.2) is 0 Å². The molecule has 0 amide bonds. The van der Waals surface area contributed by atoms with Crippen molar-refractivity contribution >= 4 is 11.5 Å². The van der Waals surface area contributed by atoms with Crippen molar-refractivity contribution in [1.82, 2.24) is 0 Å². The molecule has 0 saturated heterocycles. The molecule has 2 rings (SSSR count). The van der Waals surface area contributed by atoms with Gasteiger partial charge in [-0.3, -0.25) is 14.9 Å². The average Bonchev–Trinajstić information content (AvgIpc) is 2.48. The van der Waals surface area contributed by atoms with Gasteiger partial charge in [-0.1, -0.05) is 18.2 Å². The number of non-ortho nitro benzene ring substituents is 1. The molecule has 0 aliphatic carbocycles. The van der Waals surface area contributed by atoms with Crippen LogP contribution in [0.3, 0.4) is 0 Å². The Labute approximate surface area is 122 Å². The van der Waals surface area contributed by atoms with Crippen LogP contribution in [0.15, 0.2) is 42.5 Å². The van der Waals surface area contributed by atoms with Crippen LogP contribution < -0.4 is 4.74 Å². The molecule has 108 valence electrons. The predicted octanol–water partition coefficient (Wildman–Crippen LogP) is 3.47. The van der Waals surface area contributed by atoms with Crippen molar-refractivity contribution in [2.75, 3.05) is 6.61 Å². The number of hydrogen-bond acceptors (Lipinski definition) is 4. The summed E-state index contributed by atoms with van der Waals surface area (Å²) >= 11 is 0. The van der Waals surface area contributed by atoms with Crippen molar-refractivity contribution < 1.29 is 14.5 Å². The lowest BCUT2D eigenvalue weighted by Gasteiger charge is -2.07. The van der Waals surface area contributed by atoms with E-state index in [2.05, 4.69) is 0 Å². The first-order valence-electron chi connectivity index (χ1n) is 6.45. The van der Waals surface area contributed by atoms with Gasteiger partial charge in [-0.05, 0) is 37.1 Å². The van der Waals surface area contributed by atoms with Crippen LogP contribution in [0.2, 0.25) is 0 Å². The number of ketones is 1. The number of rotatable bonds is 5. The van der Waals surface area contributed by atoms with E-state index in [-0.39, 0.29) is 23.6 Å². The lowest BCUT2D eigenvalue weighted by molar-refractivity contribution is -0.384. The fourth-order valence-corrected chi connectivity index (χ4v) is 1.83. The third kappa shape index (κ3) is 3.66. The molecular formula is C16H15NO4. The first kappa shape index (κ1) is 14.7. The van der Waals surface area contributed by atoms with E-state index in [1.165, 1.54) is 18.2 Å². The van der Waals surface area contributed by atoms with Crippen molar-refractivity contribution in [2.45, 2.75) is 13.8 Å². The van der Waals surface area contributed by atoms with Crippen LogP contribution in [0.25, 0.3) is 0 Å². The molecule has 5 nitrogen and oxygen atoms in total. The van der Waals surface area contributed by atoms with E-state index in [0.717, 1.165) is 11.1 Å². The Morgan fingerprint density at radius 1 is 1.14 bits per heavy atom. The third-order valence-electron chi connectivity index (χ3n) is 3.23. The summed E-state index contributed by atoms with van der Waals surface area (Å²) in [4.78, 5) is 22.2. The van der Waals surface area contributed by atoms with E-state index in [1.807, 2.05) is 26.0 Å². The van der Waals surface area contributed by atoms with Crippen LogP contribution in [-0.2, 0) is 0 Å². The van der Waals surface area contributed by atoms with Crippen LogP contribution in [0.1, 0.15) is 21.5 Å². The van der Waals surface area contributed by atoms with Crippen LogP contribution in [0, 0.1) is 24.0 Å². The van der Waals surface area contributed by atoms with Crippen LogP contribution >= 0.6 is 0 Å². The number of Topliss-reactive ketones (excluding diaryl/α,β-unsaturated/α-hetero) is 1. The molecule has 0 aliphatic rings. The van der Waals surface area contributed by atoms with Crippen molar-refractivity contribution in [3.05, 3.63) is 69.3 Å². The number of nitro groups is 1. The molecule has 0 spiro atoms. The molecular weight excluding hydrogens is 270 g/mol. The van der Waals surface area contributed by atoms with E-state index in [4.69, 9.17) is 4.74 Å². The van der Waals surface area contributed by atoms with Crippen molar-refractivity contribution in [2.24, 2.45) is 0 Å². The maximum Gasteiger partial charge on any atom is 0.270 e. The summed E-state index contributed by atoms with van der Waals surface area (Å²) in [5.41, 5.74) is 2.39. The average molecular weight is 285 g/mol. The molecule has 21 heavy (non-hydrogen) atoms. The van der Waals surface area contributed by atoms with Gasteiger partial charge in [-0.15, -0.1) is 0 Å². The summed E-state index contributed by atoms with van der Waals surface area (Å²) < 4.78 is 5.44. The van der Waals surface area contributed by atoms with Gasteiger partial charge < -0.3 is 4.74 Å². The zero-order chi connectivity index (χ0) is 15.4. The smallest absolute Gasteiger partial charge is 0.270 e. The number of benzene rings is 2. The molecule has 0 aliphatic heterocycles. The molecule has 0 radical (unpaired) electrons. The summed E-state index contributed by atoms with van der Waals surface area (Å²) in [7, 11) is 0. The Kier molecular flexibility index (Phi) is 4.33. The van der Waals surface area contributed by atoms with Crippen molar-refractivity contribution in [3.63, 3.8) is 0 Å². The largest absolute Gasteiger partial charge is 0.485 e. The minimum Gasteiger partial charge on any atom is -0.485 e. The molecule has 0 aromatic heterocycles. The highest BCUT2D eigenvalue weighted by atomic mass is 16.6. The van der Waals surface area contributed by atoms with Gasteiger partial charge in [0.05, 0.1) is 4.92 Å². The fraction of sp³-hybridized carbons (Fsp3) is 0.188. The summed E-state index contributed by atoms with van der Waals surface area (Å²) in [5.74, 6) is 0.314. The third-order valence-corrected chi connectivity index (χ3v) is 3.23. The number of nitro benzene ring substituents is 1. The standard InChI is InChI=1S/C16H15NO4/c1-11-6-7-15(8-12(11)2)21-10-16(18)13-4-3-5-14(9-13)17(19)20/h3-9H,10H2,1-2H3. The minimum absolute atomic E-state index is 0.105. The molecule has 0 heterocycles. The van der Waals surface area contributed by atoms with Crippen LogP contribution in [0.5, 0.6) is 5.75 Å². The predicted molar refractivity (Wildman–Crippen MR) is 78.8 cm³/mol. The highest BCUT2D eigenvalue weighted by Crippen LogP contribution is 2.17. The molecule has 0 atom stereocenters. The fourth-order valence-electron chi connectivity index (χ4n) is 1.83. The zero-order valence-corrected chi connectivity index (χ0v) is 11.8. The number of ether oxygens (including phenoxy) is 1. The zero-order valence-electron chi connectivity index (χ0n) is 11.8. The second kappa shape index (κ2) is 6.17. The van der Waals surface area contributed by atoms with E-state index in [1.54, 1.807) is 12.1 Å². The van der Waals surface area contributed by atoms with Gasteiger partial charge in [0.1, 0.15) is 5.75 Å². The summed E-state index contributed by atoms with van der Waals surface area (Å²) in [5, 5.41) is 10.7. The monoisotopic (exact) mass is 285 g/mol. The summed E-state index contributed by atoms with van der Waals surface area (Å²) in [6.45, 7) is 3.81. The number of nitrogens with zero attached hydrogens (tertiary/aromatic N) is 1. The first-order valence-corrected chi connectivity index (χ1v) is 6.45. The second-order valence-corrected chi connectivity index (χ2v) is 4.77. The van der Waals surface area contributed by atoms with Crippen LogP contribution in [-0.4, -0.2) is 17.3 Å². The highest BCUT2D eigenvalue weighted by molar-refractivity contribution is 5.97. The van der Waals surface area contributed by atoms with Crippen molar-refractivity contribution in [1.29, 1.82) is 0 Å². The Morgan fingerprint density at radius 2 is 1.90 bits per heavy atom. The van der Waals surface area contributed by atoms with Gasteiger partial charge in [0, 0.05) is 17.7 Å². The van der Waals surface area contributed by atoms with Gasteiger partial charge in [0.25, 0.3) is 5.69 Å². The van der Waals surface area contributed by atoms with Gasteiger partial charge in [0.2, 0.25) is 0 Å². The summed E-state index contributed by atoms with van der Waals surface area (Å²) in [6.07, 6.45) is 0. The Morgan fingerprint density at radius 3 is 2.57 bits per heavy atom. The Hall–Kier alpha value is -2.69. The molecule has 0 N–H and O–H groups in total. The SMILES string of the molecule is Cc1ccc(OCC(=O)c2cccc([N+](=O)[O-])c2)cc1C. The molecule has 0 unspecified atom stereocenters. The Bertz CT molecular complexity index is 694. The number of aryl methyl sites for hydroxylation is 2. The van der Waals surface area contributed by atoms with Crippen LogP contribution in [0.4, 0.5) is 5.69 Å². The quantitative estimate of drug-likeness (QED) is 0.479. The van der Waals surface area contributed by atoms with Gasteiger partial charge >= 0.3 is 0 Å². The maximum absolute atomic E-state index is 12.0. The lowest BCUT2D eigenvalue weighted by atomic mass is 10.1.